The second kappa shape index (κ2) is 21.1. The standard InChI is InChI=1S/C51H48F6N12O5/c1-49(2,58)30-60-46(71)32-13-18-36(19-14-32)62-48-64-44-39(10-5-24-69(44)66-48)34-15-20-40(41(28-34)74-51(55,56)57)42-29-67(25-26-72-42)22-6-21-59-45(70)31-11-16-35(17-12-31)61-47-63-43-38(9-4-23-68(43)65-47)33-7-3-8-37(27-33)73-50(52,53)54/h3-5,7-20,23-24,27-28,42H,6,21-22,25-26,29-30,58H2,1-2H3,(H,59,70)(H,60,71)(H,61,65)(H,62,66). The molecule has 0 radical (unpaired) electrons. The molecule has 9 rings (SSSR count). The SMILES string of the molecule is CC(C)(N)CNC(=O)c1ccc(Nc2nc3c(-c4ccc(C5CN(CCCNC(=O)c6ccc(Nc7nc8c(-c9cccc(OC(F)(F)F)c9)cccn8n7)cc6)CCO5)c(OC(F)(F)F)c4)cccn3n2)cc1. The molecular formula is C51H48F6N12O5. The van der Waals surface area contributed by atoms with E-state index in [1.165, 1.54) is 33.3 Å². The third kappa shape index (κ3) is 12.8. The molecule has 0 bridgehead atoms. The van der Waals surface area contributed by atoms with Gasteiger partial charge in [-0.3, -0.25) is 14.5 Å². The lowest BCUT2D eigenvalue weighted by molar-refractivity contribution is -0.276. The van der Waals surface area contributed by atoms with Crippen molar-refractivity contribution in [2.75, 3.05) is 50.0 Å². The highest BCUT2D eigenvalue weighted by Gasteiger charge is 2.35. The highest BCUT2D eigenvalue weighted by Crippen LogP contribution is 2.38. The van der Waals surface area contributed by atoms with E-state index in [4.69, 9.17) is 10.5 Å². The number of hydrogen-bond acceptors (Lipinski definition) is 13. The minimum Gasteiger partial charge on any atom is -0.406 e. The largest absolute Gasteiger partial charge is 0.573 e. The van der Waals surface area contributed by atoms with Crippen LogP contribution in [0.4, 0.5) is 49.6 Å². The van der Waals surface area contributed by atoms with E-state index in [-0.39, 0.29) is 48.2 Å². The van der Waals surface area contributed by atoms with E-state index in [9.17, 15) is 35.9 Å². The number of alkyl halides is 6. The molecule has 1 atom stereocenters. The van der Waals surface area contributed by atoms with Crippen LogP contribution in [0.15, 0.2) is 128 Å². The molecule has 0 saturated carbocycles. The summed E-state index contributed by atoms with van der Waals surface area (Å²) in [6.07, 6.45) is -6.74. The molecule has 5 heterocycles. The van der Waals surface area contributed by atoms with Gasteiger partial charge >= 0.3 is 12.7 Å². The number of pyridine rings is 2. The van der Waals surface area contributed by atoms with Gasteiger partial charge < -0.3 is 41.2 Å². The minimum absolute atomic E-state index is 0.214. The first kappa shape index (κ1) is 50.7. The highest BCUT2D eigenvalue weighted by atomic mass is 19.4. The van der Waals surface area contributed by atoms with E-state index in [0.29, 0.717) is 88.6 Å². The fourth-order valence-electron chi connectivity index (χ4n) is 8.19. The maximum atomic E-state index is 14.0. The number of morpholine rings is 1. The van der Waals surface area contributed by atoms with Crippen LogP contribution in [0.2, 0.25) is 0 Å². The Kier molecular flexibility index (Phi) is 14.4. The topological polar surface area (TPSA) is 200 Å². The van der Waals surface area contributed by atoms with Crippen molar-refractivity contribution in [1.29, 1.82) is 0 Å². The molecule has 384 valence electrons. The molecule has 1 aliphatic heterocycles. The molecule has 1 saturated heterocycles. The monoisotopic (exact) mass is 1020 g/mol. The highest BCUT2D eigenvalue weighted by molar-refractivity contribution is 5.95. The van der Waals surface area contributed by atoms with Crippen LogP contribution < -0.4 is 36.5 Å². The summed E-state index contributed by atoms with van der Waals surface area (Å²) >= 11 is 0. The van der Waals surface area contributed by atoms with Gasteiger partial charge in [0.15, 0.2) is 11.3 Å². The molecular weight excluding hydrogens is 975 g/mol. The van der Waals surface area contributed by atoms with Gasteiger partial charge in [0.25, 0.3) is 11.8 Å². The van der Waals surface area contributed by atoms with Crippen LogP contribution in [-0.4, -0.2) is 104 Å². The molecule has 0 aliphatic carbocycles. The number of amides is 2. The lowest BCUT2D eigenvalue weighted by Gasteiger charge is -2.34. The molecule has 4 aromatic carbocycles. The molecule has 1 aliphatic rings. The van der Waals surface area contributed by atoms with Crippen molar-refractivity contribution >= 4 is 46.4 Å². The maximum Gasteiger partial charge on any atom is 0.573 e. The van der Waals surface area contributed by atoms with Crippen molar-refractivity contribution in [2.45, 2.75) is 44.6 Å². The Hall–Kier alpha value is -8.28. The van der Waals surface area contributed by atoms with Gasteiger partial charge in [-0.1, -0.05) is 24.3 Å². The number of halogens is 6. The Labute approximate surface area is 418 Å². The summed E-state index contributed by atoms with van der Waals surface area (Å²) in [6.45, 7) is 5.80. The predicted molar refractivity (Wildman–Crippen MR) is 262 cm³/mol. The van der Waals surface area contributed by atoms with Gasteiger partial charge in [-0.05, 0) is 122 Å². The second-order valence-corrected chi connectivity index (χ2v) is 18.0. The van der Waals surface area contributed by atoms with Crippen molar-refractivity contribution in [2.24, 2.45) is 5.73 Å². The number of carbonyl (C=O) groups excluding carboxylic acids is 2. The van der Waals surface area contributed by atoms with Gasteiger partial charge in [-0.15, -0.1) is 36.5 Å². The number of ether oxygens (including phenoxy) is 3. The van der Waals surface area contributed by atoms with E-state index in [1.807, 2.05) is 0 Å². The lowest BCUT2D eigenvalue weighted by atomic mass is 10.00. The van der Waals surface area contributed by atoms with E-state index in [2.05, 4.69) is 55.8 Å². The Bertz CT molecular complexity index is 3280. The van der Waals surface area contributed by atoms with Crippen molar-refractivity contribution in [3.05, 3.63) is 144 Å². The first-order chi connectivity index (χ1) is 35.3. The van der Waals surface area contributed by atoms with Crippen LogP contribution in [-0.2, 0) is 4.74 Å². The van der Waals surface area contributed by atoms with Crippen LogP contribution in [0.25, 0.3) is 33.5 Å². The number of nitrogens with one attached hydrogen (secondary N) is 4. The molecule has 1 unspecified atom stereocenters. The molecule has 0 spiro atoms. The van der Waals surface area contributed by atoms with Gasteiger partial charge in [0, 0.05) is 89.8 Å². The fraction of sp³-hybridized carbons (Fsp3) is 0.255. The third-order valence-corrected chi connectivity index (χ3v) is 11.6. The molecule has 4 aromatic heterocycles. The number of nitrogens with zero attached hydrogens (tertiary/aromatic N) is 7. The third-order valence-electron chi connectivity index (χ3n) is 11.6. The summed E-state index contributed by atoms with van der Waals surface area (Å²) in [5, 5.41) is 20.8. The smallest absolute Gasteiger partial charge is 0.406 e. The van der Waals surface area contributed by atoms with Gasteiger partial charge in [0.2, 0.25) is 11.9 Å². The summed E-state index contributed by atoms with van der Waals surface area (Å²) in [5.41, 5.74) is 10.2. The zero-order chi connectivity index (χ0) is 52.2. The van der Waals surface area contributed by atoms with Crippen molar-refractivity contribution < 1.29 is 50.1 Å². The van der Waals surface area contributed by atoms with Gasteiger partial charge in [0.1, 0.15) is 11.5 Å². The Morgan fingerprint density at radius 3 is 1.84 bits per heavy atom. The zero-order valence-corrected chi connectivity index (χ0v) is 39.7. The first-order valence-electron chi connectivity index (χ1n) is 23.2. The van der Waals surface area contributed by atoms with Gasteiger partial charge in [0.05, 0.1) is 12.7 Å². The van der Waals surface area contributed by atoms with E-state index < -0.39 is 30.1 Å². The van der Waals surface area contributed by atoms with Crippen LogP contribution in [0.3, 0.4) is 0 Å². The van der Waals surface area contributed by atoms with E-state index in [1.54, 1.807) is 117 Å². The number of rotatable bonds is 17. The van der Waals surface area contributed by atoms with Crippen molar-refractivity contribution in [3.8, 4) is 33.8 Å². The van der Waals surface area contributed by atoms with Gasteiger partial charge in [-0.2, -0.15) is 9.97 Å². The summed E-state index contributed by atoms with van der Waals surface area (Å²) in [7, 11) is 0. The molecule has 17 nitrogen and oxygen atoms in total. The van der Waals surface area contributed by atoms with E-state index >= 15 is 0 Å². The quantitative estimate of drug-likeness (QED) is 0.0428. The summed E-state index contributed by atoms with van der Waals surface area (Å²) in [6, 6.07) is 30.2. The first-order valence-corrected chi connectivity index (χ1v) is 23.2. The molecule has 1 fully saturated rings. The van der Waals surface area contributed by atoms with Crippen LogP contribution in [0.5, 0.6) is 11.5 Å². The number of carbonyl (C=O) groups is 2. The minimum atomic E-state index is -5.00. The van der Waals surface area contributed by atoms with Crippen molar-refractivity contribution in [3.63, 3.8) is 0 Å². The number of fused-ring (bicyclic) bond motifs is 2. The zero-order valence-electron chi connectivity index (χ0n) is 39.7. The maximum absolute atomic E-state index is 14.0. The number of benzene rings is 4. The average molecular weight is 1020 g/mol. The number of hydrogen-bond donors (Lipinski definition) is 5. The summed E-state index contributed by atoms with van der Waals surface area (Å²) < 4.78 is 98.1. The predicted octanol–water partition coefficient (Wildman–Crippen LogP) is 9.05. The van der Waals surface area contributed by atoms with Crippen LogP contribution in [0.1, 0.15) is 52.7 Å². The van der Waals surface area contributed by atoms with Gasteiger partial charge in [-0.25, -0.2) is 9.03 Å². The summed E-state index contributed by atoms with van der Waals surface area (Å²) in [5.74, 6) is -0.936. The second-order valence-electron chi connectivity index (χ2n) is 18.0. The average Bonchev–Trinajstić information content (AvgIpc) is 3.97. The molecule has 6 N–H and O–H groups in total. The van der Waals surface area contributed by atoms with E-state index in [0.717, 1.165) is 0 Å². The molecule has 74 heavy (non-hydrogen) atoms. The van der Waals surface area contributed by atoms with Crippen molar-refractivity contribution in [1.82, 2.24) is 44.7 Å². The van der Waals surface area contributed by atoms with Crippen LogP contribution >= 0.6 is 0 Å². The lowest BCUT2D eigenvalue weighted by Crippen LogP contribution is -2.45. The number of aromatic nitrogens is 6. The molecule has 23 heteroatoms. The number of anilines is 4. The Morgan fingerprint density at radius 2 is 1.27 bits per heavy atom. The number of nitrogens with two attached hydrogens (primary N) is 1. The summed E-state index contributed by atoms with van der Waals surface area (Å²) in [4.78, 5) is 36.9. The Balaban J connectivity index is 0.792. The van der Waals surface area contributed by atoms with Crippen LogP contribution in [0, 0.1) is 0 Å². The normalized spacial score (nSPS) is 14.5. The Morgan fingerprint density at radius 1 is 0.703 bits per heavy atom. The fourth-order valence-corrected chi connectivity index (χ4v) is 8.19. The molecule has 2 amide bonds. The molecule has 8 aromatic rings.